The van der Waals surface area contributed by atoms with Gasteiger partial charge in [-0.05, 0) is 63.9 Å². The highest BCUT2D eigenvalue weighted by molar-refractivity contribution is 6.08. The van der Waals surface area contributed by atoms with Crippen molar-refractivity contribution in [3.63, 3.8) is 0 Å². The van der Waals surface area contributed by atoms with Crippen LogP contribution in [0.4, 0.5) is 4.79 Å². The lowest BCUT2D eigenvalue weighted by Crippen LogP contribution is -2.63. The van der Waals surface area contributed by atoms with Crippen LogP contribution in [-0.2, 0) is 16.9 Å². The van der Waals surface area contributed by atoms with Crippen molar-refractivity contribution < 1.29 is 19.1 Å². The molecule has 2 unspecified atom stereocenters. The van der Waals surface area contributed by atoms with Crippen LogP contribution in [0.3, 0.4) is 0 Å². The van der Waals surface area contributed by atoms with Gasteiger partial charge in [0.1, 0.15) is 6.61 Å². The number of hydrogen-bond acceptors (Lipinski definition) is 6. The summed E-state index contributed by atoms with van der Waals surface area (Å²) < 4.78 is 5.52. The van der Waals surface area contributed by atoms with E-state index in [-0.39, 0.29) is 48.6 Å². The van der Waals surface area contributed by atoms with Crippen LogP contribution < -0.4 is 21.7 Å². The van der Waals surface area contributed by atoms with Gasteiger partial charge < -0.3 is 36.3 Å². The van der Waals surface area contributed by atoms with Gasteiger partial charge >= 0.3 is 6.09 Å². The Balaban J connectivity index is 0.00000368. The van der Waals surface area contributed by atoms with Crippen LogP contribution in [0, 0.1) is 5.41 Å². The maximum absolute atomic E-state index is 14.4. The first-order valence-electron chi connectivity index (χ1n) is 14.5. The average molecular weight is 608 g/mol. The number of guanidine groups is 1. The number of piperidine rings is 1. The molecule has 1 aromatic heterocycles. The number of alkyl carbamates (subject to hydrolysis) is 1. The number of amides is 2. The molecule has 0 saturated carbocycles. The molecule has 11 nitrogen and oxygen atoms in total. The number of hydrogen-bond donors (Lipinski definition) is 6. The molecule has 2 amide bonds. The Bertz CT molecular complexity index is 1590. The second-order valence-electron chi connectivity index (χ2n) is 11.8. The zero-order valence-electron chi connectivity index (χ0n) is 24.3. The predicted molar refractivity (Wildman–Crippen MR) is 166 cm³/mol. The number of ketones is 1. The number of nitrogens with two attached hydrogens (primary N) is 1. The zero-order valence-corrected chi connectivity index (χ0v) is 25.1. The van der Waals surface area contributed by atoms with Crippen molar-refractivity contribution >= 4 is 47.1 Å². The molecule has 1 fully saturated rings. The van der Waals surface area contributed by atoms with Crippen molar-refractivity contribution in [3.8, 4) is 0 Å². The van der Waals surface area contributed by atoms with Gasteiger partial charge in [0.2, 0.25) is 5.78 Å². The summed E-state index contributed by atoms with van der Waals surface area (Å²) in [6.45, 7) is 3.15. The quantitative estimate of drug-likeness (QED) is 0.150. The monoisotopic (exact) mass is 607 g/mol. The number of likely N-dealkylation sites (tertiary alicyclic amines) is 1. The first-order chi connectivity index (χ1) is 20.2. The molecule has 2 aromatic carbocycles. The molecule has 12 heteroatoms. The highest BCUT2D eigenvalue weighted by Crippen LogP contribution is 2.52. The third kappa shape index (κ3) is 5.31. The van der Waals surface area contributed by atoms with Crippen LogP contribution in [-0.4, -0.2) is 65.8 Å². The lowest BCUT2D eigenvalue weighted by atomic mass is 9.65. The summed E-state index contributed by atoms with van der Waals surface area (Å²) >= 11 is 0. The van der Waals surface area contributed by atoms with E-state index in [1.807, 2.05) is 19.1 Å². The Morgan fingerprint density at radius 1 is 1.19 bits per heavy atom. The molecule has 6 rings (SSSR count). The lowest BCUT2D eigenvalue weighted by molar-refractivity contribution is 0.0567. The first kappa shape index (κ1) is 30.4. The number of carbonyl (C=O) groups is 3. The van der Waals surface area contributed by atoms with Crippen LogP contribution in [0.15, 0.2) is 42.5 Å². The fourth-order valence-corrected chi connectivity index (χ4v) is 7.38. The summed E-state index contributed by atoms with van der Waals surface area (Å²) in [6, 6.07) is 12.2. The van der Waals surface area contributed by atoms with Crippen molar-refractivity contribution in [3.05, 3.63) is 70.4 Å². The van der Waals surface area contributed by atoms with E-state index in [1.54, 1.807) is 24.3 Å². The molecule has 0 radical (unpaired) electrons. The number of rotatable bonds is 4. The Morgan fingerprint density at radius 3 is 2.77 bits per heavy atom. The number of fused-ring (bicyclic) bond motifs is 4. The number of Topliss-reactive ketones (excluding diaryl/α,β-unsaturated/α-hetero) is 1. The van der Waals surface area contributed by atoms with Gasteiger partial charge in [-0.15, -0.1) is 12.4 Å². The smallest absolute Gasteiger partial charge is 0.408 e. The predicted octanol–water partition coefficient (Wildman–Crippen LogP) is 3.48. The molecule has 3 aromatic rings. The fraction of sp³-hybridized carbons (Fsp3) is 0.419. The third-order valence-electron chi connectivity index (χ3n) is 9.08. The van der Waals surface area contributed by atoms with E-state index in [0.29, 0.717) is 36.2 Å². The number of H-pyrrole nitrogens is 1. The molecule has 7 N–H and O–H groups in total. The molecule has 0 spiro atoms. The van der Waals surface area contributed by atoms with Crippen LogP contribution in [0.1, 0.15) is 76.1 Å². The van der Waals surface area contributed by atoms with E-state index < -0.39 is 17.7 Å². The normalized spacial score (nSPS) is 25.3. The summed E-state index contributed by atoms with van der Waals surface area (Å²) in [4.78, 5) is 47.2. The van der Waals surface area contributed by atoms with Crippen LogP contribution >= 0.6 is 12.4 Å². The lowest BCUT2D eigenvalue weighted by Gasteiger charge is -2.53. The third-order valence-corrected chi connectivity index (χ3v) is 9.08. The highest BCUT2D eigenvalue weighted by Gasteiger charge is 2.53. The second-order valence-corrected chi connectivity index (χ2v) is 11.8. The van der Waals surface area contributed by atoms with Crippen molar-refractivity contribution in [2.45, 2.75) is 62.8 Å². The van der Waals surface area contributed by atoms with Gasteiger partial charge in [-0.1, -0.05) is 30.3 Å². The van der Waals surface area contributed by atoms with Crippen molar-refractivity contribution in [1.82, 2.24) is 25.8 Å². The highest BCUT2D eigenvalue weighted by atomic mass is 35.5. The molecule has 3 aliphatic rings. The Kier molecular flexibility index (Phi) is 8.40. The summed E-state index contributed by atoms with van der Waals surface area (Å²) in [6.07, 6.45) is 2.03. The first-order valence-corrected chi connectivity index (χ1v) is 14.5. The number of ether oxygens (including phenoxy) is 1. The number of cyclic esters (lactones) is 1. The van der Waals surface area contributed by atoms with Crippen LogP contribution in [0.5, 0.6) is 0 Å². The minimum atomic E-state index is -0.929. The van der Waals surface area contributed by atoms with E-state index in [2.05, 4.69) is 38.9 Å². The van der Waals surface area contributed by atoms with E-state index >= 15 is 0 Å². The average Bonchev–Trinajstić information content (AvgIpc) is 3.37. The molecule has 1 saturated heterocycles. The topological polar surface area (TPSA) is 165 Å². The van der Waals surface area contributed by atoms with Gasteiger partial charge in [-0.3, -0.25) is 15.0 Å². The van der Waals surface area contributed by atoms with Gasteiger partial charge in [0, 0.05) is 46.1 Å². The van der Waals surface area contributed by atoms with Crippen LogP contribution in [0.2, 0.25) is 0 Å². The van der Waals surface area contributed by atoms with Gasteiger partial charge in [0.25, 0.3) is 5.91 Å². The van der Waals surface area contributed by atoms with Gasteiger partial charge in [-0.2, -0.15) is 0 Å². The summed E-state index contributed by atoms with van der Waals surface area (Å²) in [5.74, 6) is -0.576. The molecule has 3 heterocycles. The number of nitrogens with zero attached hydrogens (tertiary/aromatic N) is 1. The van der Waals surface area contributed by atoms with Gasteiger partial charge in [-0.25, -0.2) is 4.79 Å². The number of halogens is 1. The molecule has 4 atom stereocenters. The molecular formula is C31H38ClN7O4. The Morgan fingerprint density at radius 2 is 1.98 bits per heavy atom. The van der Waals surface area contributed by atoms with Crippen LogP contribution in [0.25, 0.3) is 10.9 Å². The van der Waals surface area contributed by atoms with E-state index in [0.717, 1.165) is 35.9 Å². The summed E-state index contributed by atoms with van der Waals surface area (Å²) in [5, 5.41) is 17.3. The molecule has 43 heavy (non-hydrogen) atoms. The van der Waals surface area contributed by atoms with Crippen molar-refractivity contribution in [2.24, 2.45) is 5.73 Å². The number of nitrogens with one attached hydrogen (secondary N) is 5. The summed E-state index contributed by atoms with van der Waals surface area (Å²) in [5.41, 5.74) is 8.62. The number of benzene rings is 2. The maximum atomic E-state index is 14.4. The number of carbonyl (C=O) groups excluding carboxylic acids is 3. The van der Waals surface area contributed by atoms with E-state index in [1.165, 1.54) is 5.56 Å². The fourth-order valence-electron chi connectivity index (χ4n) is 7.38. The second kappa shape index (κ2) is 11.9. The van der Waals surface area contributed by atoms with E-state index in [9.17, 15) is 14.4 Å². The largest absolute Gasteiger partial charge is 0.445 e. The van der Waals surface area contributed by atoms with Gasteiger partial charge in [0.05, 0.1) is 17.3 Å². The van der Waals surface area contributed by atoms with Crippen molar-refractivity contribution in [1.29, 1.82) is 5.41 Å². The minimum absolute atomic E-state index is 0. The molecule has 1 aliphatic carbocycles. The Hall–Kier alpha value is -4.09. The standard InChI is InChI=1S/C31H37N7O4.ClH/c1-31-24-23-19(20-11-7-15-38(2)27(20)31)10-5-12-21(23)35-25(24)26(39)22(13-6-14-34-29(32)33)36-30(41)42-16-17-8-3-4-9-18(17)28(40)37-31;/h3-5,8-10,12,20,22,27,35H,6-7,11,13-16H2,1-2H3,(H,36,41)(H,37,40)(H4,32,33,34);1H/t20?,22-,27-,31?;/m0./s1. The van der Waals surface area contributed by atoms with E-state index in [4.69, 9.17) is 15.9 Å². The SMILES string of the molecule is CN1CCCC2c3cccc4[nH]c5c(c34)C(C)(NC(=O)c3ccccc3COC(=O)N[C@@H](CCCNC(=N)N)C5=O)[C@H]21.Cl. The van der Waals surface area contributed by atoms with Gasteiger partial charge in [0.15, 0.2) is 5.96 Å². The molecule has 228 valence electrons. The number of likely N-dealkylation sites (N-methyl/N-ethyl adjacent to an activating group) is 1. The summed E-state index contributed by atoms with van der Waals surface area (Å²) in [7, 11) is 2.08. The zero-order chi connectivity index (χ0) is 29.6. The number of aromatic nitrogens is 1. The Labute approximate surface area is 256 Å². The molecular weight excluding hydrogens is 570 g/mol. The molecule has 0 bridgehead atoms. The van der Waals surface area contributed by atoms with Crippen molar-refractivity contribution in [2.75, 3.05) is 20.1 Å². The minimum Gasteiger partial charge on any atom is -0.445 e. The number of aromatic amines is 1. The maximum Gasteiger partial charge on any atom is 0.408 e. The molecule has 2 aliphatic heterocycles.